The fraction of sp³-hybridized carbons (Fsp3) is 0.357. The summed E-state index contributed by atoms with van der Waals surface area (Å²) >= 11 is 0. The topological polar surface area (TPSA) is 37.3 Å². The highest BCUT2D eigenvalue weighted by Gasteiger charge is 2.42. The molecule has 0 radical (unpaired) electrons. The summed E-state index contributed by atoms with van der Waals surface area (Å²) in [7, 11) is 0. The lowest BCUT2D eigenvalue weighted by atomic mass is 9.79. The van der Waals surface area contributed by atoms with Gasteiger partial charge in [0.25, 0.3) is 0 Å². The molecule has 0 spiro atoms. The zero-order valence-corrected chi connectivity index (χ0v) is 9.07. The molecular weight excluding hydrogens is 200 g/mol. The Morgan fingerprint density at radius 3 is 2.25 bits per heavy atom. The van der Waals surface area contributed by atoms with Gasteiger partial charge in [0.15, 0.2) is 0 Å². The van der Waals surface area contributed by atoms with Crippen molar-refractivity contribution in [1.29, 1.82) is 0 Å². The molecule has 1 aromatic rings. The smallest absolute Gasteiger partial charge is 0.314 e. The van der Waals surface area contributed by atoms with Crippen LogP contribution in [0.3, 0.4) is 0 Å². The summed E-state index contributed by atoms with van der Waals surface area (Å²) in [5.74, 6) is 1.83. The highest BCUT2D eigenvalue weighted by molar-refractivity contribution is 5.81. The quantitative estimate of drug-likeness (QED) is 0.768. The summed E-state index contributed by atoms with van der Waals surface area (Å²) < 4.78 is 0. The second kappa shape index (κ2) is 4.02. The maximum absolute atomic E-state index is 11.4. The first-order valence-corrected chi connectivity index (χ1v) is 5.49. The van der Waals surface area contributed by atoms with Gasteiger partial charge in [0, 0.05) is 5.56 Å². The van der Waals surface area contributed by atoms with E-state index in [0.29, 0.717) is 0 Å². The minimum Gasteiger partial charge on any atom is -0.481 e. The third-order valence-electron chi connectivity index (χ3n) is 3.47. The van der Waals surface area contributed by atoms with Crippen LogP contribution in [0.4, 0.5) is 0 Å². The van der Waals surface area contributed by atoms with Crippen molar-refractivity contribution in [3.05, 3.63) is 35.4 Å². The zero-order chi connectivity index (χ0) is 11.6. The lowest BCUT2D eigenvalue weighted by Gasteiger charge is -2.24. The van der Waals surface area contributed by atoms with Gasteiger partial charge in [-0.05, 0) is 30.5 Å². The summed E-state index contributed by atoms with van der Waals surface area (Å²) in [6.07, 6.45) is 8.73. The van der Waals surface area contributed by atoms with Crippen LogP contribution in [0.15, 0.2) is 24.3 Å². The van der Waals surface area contributed by atoms with Crippen LogP contribution in [-0.2, 0) is 10.2 Å². The third kappa shape index (κ3) is 1.59. The number of terminal acetylenes is 1. The van der Waals surface area contributed by atoms with Crippen LogP contribution in [-0.4, -0.2) is 11.1 Å². The fourth-order valence-electron chi connectivity index (χ4n) is 2.49. The SMILES string of the molecule is C#Cc1ccc(C2(C(=O)O)CCCC2)cc1. The number of carboxylic acid groups (broad SMARTS) is 1. The lowest BCUT2D eigenvalue weighted by molar-refractivity contribution is -0.143. The van der Waals surface area contributed by atoms with Crippen molar-refractivity contribution in [2.24, 2.45) is 0 Å². The van der Waals surface area contributed by atoms with Crippen LogP contribution in [0, 0.1) is 12.3 Å². The number of hydrogen-bond donors (Lipinski definition) is 1. The summed E-state index contributed by atoms with van der Waals surface area (Å²) in [6.45, 7) is 0. The molecule has 1 fully saturated rings. The van der Waals surface area contributed by atoms with Crippen LogP contribution < -0.4 is 0 Å². The van der Waals surface area contributed by atoms with E-state index < -0.39 is 11.4 Å². The summed E-state index contributed by atoms with van der Waals surface area (Å²) in [4.78, 5) is 11.4. The number of carboxylic acids is 1. The Kier molecular flexibility index (Phi) is 2.70. The Labute approximate surface area is 95.3 Å². The summed E-state index contributed by atoms with van der Waals surface area (Å²) in [5, 5.41) is 9.40. The van der Waals surface area contributed by atoms with E-state index in [-0.39, 0.29) is 0 Å². The molecule has 2 nitrogen and oxygen atoms in total. The van der Waals surface area contributed by atoms with Crippen molar-refractivity contribution in [3.63, 3.8) is 0 Å². The van der Waals surface area contributed by atoms with E-state index in [1.165, 1.54) is 0 Å². The molecule has 2 rings (SSSR count). The Hall–Kier alpha value is -1.75. The van der Waals surface area contributed by atoms with Gasteiger partial charge in [-0.3, -0.25) is 4.79 Å². The maximum Gasteiger partial charge on any atom is 0.314 e. The van der Waals surface area contributed by atoms with Crippen LogP contribution in [0.5, 0.6) is 0 Å². The van der Waals surface area contributed by atoms with Crippen LogP contribution in [0.25, 0.3) is 0 Å². The molecule has 1 N–H and O–H groups in total. The molecule has 1 aromatic carbocycles. The first-order chi connectivity index (χ1) is 7.69. The minimum atomic E-state index is -0.710. The van der Waals surface area contributed by atoms with E-state index >= 15 is 0 Å². The molecule has 1 aliphatic rings. The average molecular weight is 214 g/mol. The van der Waals surface area contributed by atoms with E-state index in [9.17, 15) is 9.90 Å². The first-order valence-electron chi connectivity index (χ1n) is 5.49. The molecule has 0 bridgehead atoms. The second-order valence-electron chi connectivity index (χ2n) is 4.32. The monoisotopic (exact) mass is 214 g/mol. The van der Waals surface area contributed by atoms with Gasteiger partial charge in [-0.1, -0.05) is 30.9 Å². The van der Waals surface area contributed by atoms with Crippen LogP contribution in [0.2, 0.25) is 0 Å². The van der Waals surface area contributed by atoms with Crippen LogP contribution in [0.1, 0.15) is 36.8 Å². The van der Waals surface area contributed by atoms with E-state index in [1.54, 1.807) is 0 Å². The number of aliphatic carboxylic acids is 1. The molecular formula is C14H14O2. The normalized spacial score (nSPS) is 17.9. The molecule has 0 atom stereocenters. The Morgan fingerprint density at radius 2 is 1.81 bits per heavy atom. The van der Waals surface area contributed by atoms with Crippen molar-refractivity contribution in [2.45, 2.75) is 31.1 Å². The zero-order valence-electron chi connectivity index (χ0n) is 9.07. The highest BCUT2D eigenvalue weighted by atomic mass is 16.4. The molecule has 1 aliphatic carbocycles. The largest absolute Gasteiger partial charge is 0.481 e. The van der Waals surface area contributed by atoms with Gasteiger partial charge < -0.3 is 5.11 Å². The molecule has 0 heterocycles. The van der Waals surface area contributed by atoms with Crippen molar-refractivity contribution < 1.29 is 9.90 Å². The van der Waals surface area contributed by atoms with E-state index in [0.717, 1.165) is 36.8 Å². The molecule has 82 valence electrons. The third-order valence-corrected chi connectivity index (χ3v) is 3.47. The van der Waals surface area contributed by atoms with Crippen molar-refractivity contribution in [1.82, 2.24) is 0 Å². The maximum atomic E-state index is 11.4. The van der Waals surface area contributed by atoms with Crippen molar-refractivity contribution >= 4 is 5.97 Å². The number of hydrogen-bond acceptors (Lipinski definition) is 1. The molecule has 0 aromatic heterocycles. The predicted octanol–water partition coefficient (Wildman–Crippen LogP) is 2.56. The van der Waals surface area contributed by atoms with E-state index in [4.69, 9.17) is 6.42 Å². The number of rotatable bonds is 2. The summed E-state index contributed by atoms with van der Waals surface area (Å²) in [6, 6.07) is 7.35. The second-order valence-corrected chi connectivity index (χ2v) is 4.32. The fourth-order valence-corrected chi connectivity index (χ4v) is 2.49. The molecule has 0 amide bonds. The van der Waals surface area contributed by atoms with Gasteiger partial charge in [-0.15, -0.1) is 6.42 Å². The minimum absolute atomic E-state index is 0.673. The van der Waals surface area contributed by atoms with E-state index in [2.05, 4.69) is 5.92 Å². The van der Waals surface area contributed by atoms with Gasteiger partial charge in [-0.25, -0.2) is 0 Å². The Balaban J connectivity index is 2.40. The molecule has 0 saturated heterocycles. The highest BCUT2D eigenvalue weighted by Crippen LogP contribution is 2.41. The average Bonchev–Trinajstić information content (AvgIpc) is 2.79. The van der Waals surface area contributed by atoms with Gasteiger partial charge in [0.05, 0.1) is 5.41 Å². The van der Waals surface area contributed by atoms with Gasteiger partial charge in [0.2, 0.25) is 0 Å². The molecule has 1 saturated carbocycles. The molecule has 0 aliphatic heterocycles. The molecule has 0 unspecified atom stereocenters. The molecule has 16 heavy (non-hydrogen) atoms. The van der Waals surface area contributed by atoms with Gasteiger partial charge in [0.1, 0.15) is 0 Å². The predicted molar refractivity (Wildman–Crippen MR) is 62.2 cm³/mol. The van der Waals surface area contributed by atoms with Gasteiger partial charge >= 0.3 is 5.97 Å². The van der Waals surface area contributed by atoms with Crippen molar-refractivity contribution in [3.8, 4) is 12.3 Å². The lowest BCUT2D eigenvalue weighted by Crippen LogP contribution is -2.32. The standard InChI is InChI=1S/C14H14O2/c1-2-11-5-7-12(8-6-11)14(13(15)16)9-3-4-10-14/h1,5-8H,3-4,9-10H2,(H,15,16). The Bertz CT molecular complexity index is 431. The summed E-state index contributed by atoms with van der Waals surface area (Å²) in [5.41, 5.74) is 1.01. The first kappa shape index (κ1) is 10.8. The van der Waals surface area contributed by atoms with E-state index in [1.807, 2.05) is 24.3 Å². The van der Waals surface area contributed by atoms with Gasteiger partial charge in [-0.2, -0.15) is 0 Å². The van der Waals surface area contributed by atoms with Crippen molar-refractivity contribution in [2.75, 3.05) is 0 Å². The van der Waals surface area contributed by atoms with Crippen LogP contribution >= 0.6 is 0 Å². The molecule has 2 heteroatoms. The number of benzene rings is 1. The number of carbonyl (C=O) groups is 1. The Morgan fingerprint density at radius 1 is 1.25 bits per heavy atom.